The standard InChI is InChI=1S/C30H25F3N4O2/c1-18-5-7-20(8-6-18)25-17-26(30(31,32)33)35-29(34-25)37-28(22-11-15-24(39-4)16-12-22)19(2)27(36-37)21-9-13-23(38-3)14-10-21/h5-17H,1-4H3. The third-order valence-electron chi connectivity index (χ3n) is 6.39. The summed E-state index contributed by atoms with van der Waals surface area (Å²) in [4.78, 5) is 8.49. The Morgan fingerprint density at radius 3 is 1.77 bits per heavy atom. The topological polar surface area (TPSA) is 62.1 Å². The summed E-state index contributed by atoms with van der Waals surface area (Å²) in [6.45, 7) is 3.78. The number of ether oxygens (including phenoxy) is 2. The molecule has 0 spiro atoms. The van der Waals surface area contributed by atoms with Gasteiger partial charge in [0.2, 0.25) is 0 Å². The molecule has 6 nitrogen and oxygen atoms in total. The third kappa shape index (κ3) is 5.20. The van der Waals surface area contributed by atoms with Gasteiger partial charge in [-0.2, -0.15) is 23.0 Å². The van der Waals surface area contributed by atoms with Gasteiger partial charge in [0.05, 0.1) is 31.3 Å². The van der Waals surface area contributed by atoms with Crippen molar-refractivity contribution in [1.29, 1.82) is 0 Å². The average Bonchev–Trinajstić information content (AvgIpc) is 3.29. The minimum atomic E-state index is -4.68. The van der Waals surface area contributed by atoms with E-state index in [0.29, 0.717) is 28.5 Å². The van der Waals surface area contributed by atoms with Crippen LogP contribution in [0.15, 0.2) is 78.9 Å². The lowest BCUT2D eigenvalue weighted by Crippen LogP contribution is -2.14. The van der Waals surface area contributed by atoms with E-state index in [1.807, 2.05) is 50.2 Å². The van der Waals surface area contributed by atoms with Crippen LogP contribution in [0.25, 0.3) is 39.7 Å². The highest BCUT2D eigenvalue weighted by atomic mass is 19.4. The molecule has 0 fully saturated rings. The molecule has 3 aromatic carbocycles. The molecule has 0 aliphatic rings. The van der Waals surface area contributed by atoms with Gasteiger partial charge in [-0.1, -0.05) is 29.8 Å². The Morgan fingerprint density at radius 1 is 0.692 bits per heavy atom. The number of nitrogens with zero attached hydrogens (tertiary/aromatic N) is 4. The van der Waals surface area contributed by atoms with Crippen LogP contribution in [0.3, 0.4) is 0 Å². The zero-order valence-electron chi connectivity index (χ0n) is 21.7. The maximum atomic E-state index is 14.0. The molecule has 0 bridgehead atoms. The SMILES string of the molecule is COc1ccc(-c2nn(-c3nc(-c4ccc(C)cc4)cc(C(F)(F)F)n3)c(-c3ccc(OC)cc3)c2C)cc1. The minimum Gasteiger partial charge on any atom is -0.497 e. The Hall–Kier alpha value is -4.66. The molecule has 0 atom stereocenters. The predicted molar refractivity (Wildman–Crippen MR) is 143 cm³/mol. The van der Waals surface area contributed by atoms with Gasteiger partial charge in [0.1, 0.15) is 11.5 Å². The summed E-state index contributed by atoms with van der Waals surface area (Å²) in [5.41, 5.74) is 4.01. The van der Waals surface area contributed by atoms with E-state index in [4.69, 9.17) is 14.6 Å². The second kappa shape index (κ2) is 10.2. The maximum absolute atomic E-state index is 14.0. The van der Waals surface area contributed by atoms with Gasteiger partial charge in [-0.05, 0) is 68.4 Å². The van der Waals surface area contributed by atoms with Crippen LogP contribution in [0.1, 0.15) is 16.8 Å². The number of halogens is 3. The Labute approximate surface area is 223 Å². The van der Waals surface area contributed by atoms with Gasteiger partial charge in [0.15, 0.2) is 5.69 Å². The molecular formula is C30H25F3N4O2. The molecule has 5 rings (SSSR count). The van der Waals surface area contributed by atoms with Crippen molar-refractivity contribution in [1.82, 2.24) is 19.7 Å². The lowest BCUT2D eigenvalue weighted by Gasteiger charge is -2.13. The fraction of sp³-hybridized carbons (Fsp3) is 0.167. The number of methoxy groups -OCH3 is 2. The van der Waals surface area contributed by atoms with Crippen LogP contribution in [0.4, 0.5) is 13.2 Å². The second-order valence-corrected chi connectivity index (χ2v) is 8.99. The molecule has 9 heteroatoms. The zero-order chi connectivity index (χ0) is 27.7. The Morgan fingerprint density at radius 2 is 1.23 bits per heavy atom. The van der Waals surface area contributed by atoms with E-state index >= 15 is 0 Å². The number of alkyl halides is 3. The van der Waals surface area contributed by atoms with Crippen molar-refractivity contribution in [2.24, 2.45) is 0 Å². The van der Waals surface area contributed by atoms with E-state index in [2.05, 4.69) is 9.97 Å². The number of aromatic nitrogens is 4. The summed E-state index contributed by atoms with van der Waals surface area (Å²) < 4.78 is 54.0. The minimum absolute atomic E-state index is 0.146. The van der Waals surface area contributed by atoms with Crippen molar-refractivity contribution in [3.05, 3.63) is 95.7 Å². The van der Waals surface area contributed by atoms with Crippen LogP contribution in [-0.4, -0.2) is 34.0 Å². The van der Waals surface area contributed by atoms with Crippen molar-refractivity contribution in [2.45, 2.75) is 20.0 Å². The largest absolute Gasteiger partial charge is 0.497 e. The van der Waals surface area contributed by atoms with Gasteiger partial charge in [-0.25, -0.2) is 9.97 Å². The predicted octanol–water partition coefficient (Wildman–Crippen LogP) is 7.32. The highest BCUT2D eigenvalue weighted by molar-refractivity contribution is 5.76. The smallest absolute Gasteiger partial charge is 0.433 e. The van der Waals surface area contributed by atoms with Crippen LogP contribution in [0.2, 0.25) is 0 Å². The van der Waals surface area contributed by atoms with E-state index in [1.54, 1.807) is 50.6 Å². The number of aryl methyl sites for hydroxylation is 1. The van der Waals surface area contributed by atoms with Crippen LogP contribution in [-0.2, 0) is 6.18 Å². The van der Waals surface area contributed by atoms with Gasteiger partial charge in [-0.3, -0.25) is 0 Å². The molecule has 5 aromatic rings. The van der Waals surface area contributed by atoms with Crippen LogP contribution >= 0.6 is 0 Å². The van der Waals surface area contributed by atoms with Gasteiger partial charge in [0.25, 0.3) is 5.95 Å². The van der Waals surface area contributed by atoms with Gasteiger partial charge >= 0.3 is 6.18 Å². The summed E-state index contributed by atoms with van der Waals surface area (Å²) in [5.74, 6) is 1.14. The molecule has 2 heterocycles. The summed E-state index contributed by atoms with van der Waals surface area (Å²) in [5, 5.41) is 4.75. The molecule has 0 saturated heterocycles. The molecule has 0 unspecified atom stereocenters. The van der Waals surface area contributed by atoms with E-state index < -0.39 is 11.9 Å². The molecule has 0 amide bonds. The zero-order valence-corrected chi connectivity index (χ0v) is 21.7. The molecule has 198 valence electrons. The normalized spacial score (nSPS) is 11.5. The number of benzene rings is 3. The number of rotatable bonds is 6. The van der Waals surface area contributed by atoms with Crippen molar-refractivity contribution < 1.29 is 22.6 Å². The highest BCUT2D eigenvalue weighted by Gasteiger charge is 2.34. The van der Waals surface area contributed by atoms with Gasteiger partial charge in [0, 0.05) is 22.3 Å². The van der Waals surface area contributed by atoms with E-state index in [-0.39, 0.29) is 11.6 Å². The first-order valence-electron chi connectivity index (χ1n) is 12.1. The molecule has 0 N–H and O–H groups in total. The second-order valence-electron chi connectivity index (χ2n) is 8.99. The Balaban J connectivity index is 1.76. The molecule has 0 aliphatic heterocycles. The molecule has 39 heavy (non-hydrogen) atoms. The lowest BCUT2D eigenvalue weighted by atomic mass is 10.0. The van der Waals surface area contributed by atoms with Gasteiger partial charge in [-0.15, -0.1) is 0 Å². The number of hydrogen-bond donors (Lipinski definition) is 0. The third-order valence-corrected chi connectivity index (χ3v) is 6.39. The summed E-state index contributed by atoms with van der Waals surface area (Å²) >= 11 is 0. The molecule has 0 saturated carbocycles. The van der Waals surface area contributed by atoms with Crippen LogP contribution < -0.4 is 9.47 Å². The van der Waals surface area contributed by atoms with Crippen molar-refractivity contribution in [2.75, 3.05) is 14.2 Å². The Bertz CT molecular complexity index is 1610. The summed E-state index contributed by atoms with van der Waals surface area (Å²) in [7, 11) is 3.14. The maximum Gasteiger partial charge on any atom is 0.433 e. The quantitative estimate of drug-likeness (QED) is 0.230. The van der Waals surface area contributed by atoms with Crippen molar-refractivity contribution in [3.8, 4) is 51.2 Å². The molecule has 2 aromatic heterocycles. The van der Waals surface area contributed by atoms with E-state index in [9.17, 15) is 13.2 Å². The lowest BCUT2D eigenvalue weighted by molar-refractivity contribution is -0.141. The van der Waals surface area contributed by atoms with Crippen molar-refractivity contribution >= 4 is 0 Å². The monoisotopic (exact) mass is 530 g/mol. The Kier molecular flexibility index (Phi) is 6.82. The average molecular weight is 531 g/mol. The van der Waals surface area contributed by atoms with Crippen LogP contribution in [0, 0.1) is 13.8 Å². The van der Waals surface area contributed by atoms with Crippen molar-refractivity contribution in [3.63, 3.8) is 0 Å². The van der Waals surface area contributed by atoms with E-state index in [1.165, 1.54) is 4.68 Å². The summed E-state index contributed by atoms with van der Waals surface area (Å²) in [6, 6.07) is 22.6. The molecule has 0 aliphatic carbocycles. The highest BCUT2D eigenvalue weighted by Crippen LogP contribution is 2.36. The molecule has 0 radical (unpaired) electrons. The fourth-order valence-electron chi connectivity index (χ4n) is 4.30. The first-order chi connectivity index (χ1) is 18.7. The van der Waals surface area contributed by atoms with E-state index in [0.717, 1.165) is 28.3 Å². The number of hydrogen-bond acceptors (Lipinski definition) is 5. The summed E-state index contributed by atoms with van der Waals surface area (Å²) in [6.07, 6.45) is -4.68. The van der Waals surface area contributed by atoms with Crippen LogP contribution in [0.5, 0.6) is 11.5 Å². The molecular weight excluding hydrogens is 505 g/mol. The first kappa shape index (κ1) is 26.0. The van der Waals surface area contributed by atoms with Gasteiger partial charge < -0.3 is 9.47 Å². The fourth-order valence-corrected chi connectivity index (χ4v) is 4.30. The first-order valence-corrected chi connectivity index (χ1v) is 12.1.